The normalized spacial score (nSPS) is 32.5. The molecule has 1 atom stereocenters. The topological polar surface area (TPSA) is 43.8 Å². The Morgan fingerprint density at radius 3 is 2.58 bits per heavy atom. The third-order valence-electron chi connectivity index (χ3n) is 6.48. The molecule has 1 saturated carbocycles. The van der Waals surface area contributed by atoms with E-state index in [2.05, 4.69) is 0 Å². The molecule has 0 unspecified atom stereocenters. The highest BCUT2D eigenvalue weighted by Crippen LogP contribution is 2.43. The van der Waals surface area contributed by atoms with Gasteiger partial charge in [-0.1, -0.05) is 0 Å². The van der Waals surface area contributed by atoms with Gasteiger partial charge in [-0.3, -0.25) is 4.79 Å². The third kappa shape index (κ3) is 3.08. The molecule has 1 spiro atoms. The molecule has 0 aromatic heterocycles. The summed E-state index contributed by atoms with van der Waals surface area (Å²) in [5, 5.41) is 9.71. The van der Waals surface area contributed by atoms with Gasteiger partial charge in [0, 0.05) is 31.7 Å². The van der Waals surface area contributed by atoms with E-state index in [1.54, 1.807) is 0 Å². The van der Waals surface area contributed by atoms with Gasteiger partial charge in [0.25, 0.3) is 0 Å². The molecule has 26 heavy (non-hydrogen) atoms. The predicted octanol–water partition coefficient (Wildman–Crippen LogP) is 3.09. The molecule has 1 aromatic rings. The molecule has 4 nitrogen and oxygen atoms in total. The van der Waals surface area contributed by atoms with Gasteiger partial charge < -0.3 is 14.9 Å². The van der Waals surface area contributed by atoms with Crippen LogP contribution in [0.25, 0.3) is 0 Å². The molecule has 2 saturated heterocycles. The van der Waals surface area contributed by atoms with Gasteiger partial charge in [-0.2, -0.15) is 0 Å². The van der Waals surface area contributed by atoms with E-state index >= 15 is 0 Å². The fourth-order valence-electron chi connectivity index (χ4n) is 5.02. The van der Waals surface area contributed by atoms with Gasteiger partial charge in [0.1, 0.15) is 11.6 Å². The Kier molecular flexibility index (Phi) is 4.63. The van der Waals surface area contributed by atoms with E-state index < -0.39 is 17.0 Å². The number of aliphatic hydroxyl groups excluding tert-OH is 1. The second-order valence-electron chi connectivity index (χ2n) is 8.11. The SMILES string of the molecule is O=C1N(C2CCC(O)CC2)CC[C@]12CCCN(c1ccc(F)cc1F)C2. The van der Waals surface area contributed by atoms with Crippen molar-refractivity contribution in [1.29, 1.82) is 0 Å². The van der Waals surface area contributed by atoms with Crippen LogP contribution in [0.15, 0.2) is 18.2 Å². The Hall–Kier alpha value is -1.69. The molecule has 3 fully saturated rings. The van der Waals surface area contributed by atoms with Crippen LogP contribution in [-0.2, 0) is 4.79 Å². The molecule has 2 heterocycles. The van der Waals surface area contributed by atoms with Gasteiger partial charge in [0.2, 0.25) is 5.91 Å². The number of benzene rings is 1. The van der Waals surface area contributed by atoms with Crippen molar-refractivity contribution in [3.63, 3.8) is 0 Å². The number of nitrogens with zero attached hydrogens (tertiary/aromatic N) is 2. The second-order valence-corrected chi connectivity index (χ2v) is 8.11. The number of amides is 1. The van der Waals surface area contributed by atoms with Gasteiger partial charge in [0.05, 0.1) is 17.2 Å². The maximum absolute atomic E-state index is 14.2. The summed E-state index contributed by atoms with van der Waals surface area (Å²) >= 11 is 0. The van der Waals surface area contributed by atoms with E-state index in [-0.39, 0.29) is 18.1 Å². The maximum Gasteiger partial charge on any atom is 0.230 e. The van der Waals surface area contributed by atoms with Crippen LogP contribution in [0.3, 0.4) is 0 Å². The van der Waals surface area contributed by atoms with E-state index in [4.69, 9.17) is 0 Å². The summed E-state index contributed by atoms with van der Waals surface area (Å²) in [6, 6.07) is 3.88. The minimum Gasteiger partial charge on any atom is -0.393 e. The molecule has 1 aliphatic carbocycles. The van der Waals surface area contributed by atoms with Crippen LogP contribution >= 0.6 is 0 Å². The molecule has 3 aliphatic rings. The predicted molar refractivity (Wildman–Crippen MR) is 94.8 cm³/mol. The zero-order valence-corrected chi connectivity index (χ0v) is 15.0. The Bertz CT molecular complexity index is 690. The summed E-state index contributed by atoms with van der Waals surface area (Å²) in [4.78, 5) is 17.2. The van der Waals surface area contributed by atoms with Crippen molar-refractivity contribution in [1.82, 2.24) is 4.90 Å². The molecular weight excluding hydrogens is 338 g/mol. The Balaban J connectivity index is 1.50. The lowest BCUT2D eigenvalue weighted by atomic mass is 9.78. The van der Waals surface area contributed by atoms with Gasteiger partial charge in [0.15, 0.2) is 0 Å². The van der Waals surface area contributed by atoms with Crippen LogP contribution in [0.2, 0.25) is 0 Å². The Labute approximate surface area is 152 Å². The summed E-state index contributed by atoms with van der Waals surface area (Å²) in [7, 11) is 0. The lowest BCUT2D eigenvalue weighted by Gasteiger charge is -2.41. The van der Waals surface area contributed by atoms with E-state index in [1.807, 2.05) is 9.80 Å². The molecular formula is C20H26F2N2O2. The van der Waals surface area contributed by atoms with Crippen molar-refractivity contribution < 1.29 is 18.7 Å². The summed E-state index contributed by atoms with van der Waals surface area (Å²) in [6.45, 7) is 1.94. The molecule has 4 rings (SSSR count). The standard InChI is InChI=1S/C20H26F2N2O2/c21-14-2-7-18(17(22)12-14)23-10-1-8-20(13-23)9-11-24(19(20)26)15-3-5-16(25)6-4-15/h2,7,12,15-16,25H,1,3-6,8-11,13H2/t15?,16?,20-/m0/s1. The number of anilines is 1. The number of hydrogen-bond acceptors (Lipinski definition) is 3. The maximum atomic E-state index is 14.2. The van der Waals surface area contributed by atoms with Crippen LogP contribution in [-0.4, -0.2) is 47.7 Å². The summed E-state index contributed by atoms with van der Waals surface area (Å²) in [5.41, 5.74) is -0.0627. The first-order chi connectivity index (χ1) is 12.5. The third-order valence-corrected chi connectivity index (χ3v) is 6.48. The molecule has 2 aliphatic heterocycles. The largest absolute Gasteiger partial charge is 0.393 e. The van der Waals surface area contributed by atoms with Gasteiger partial charge in [-0.25, -0.2) is 8.78 Å². The molecule has 1 aromatic carbocycles. The van der Waals surface area contributed by atoms with Crippen LogP contribution in [0.5, 0.6) is 0 Å². The minimum atomic E-state index is -0.583. The highest BCUT2D eigenvalue weighted by molar-refractivity contribution is 5.86. The smallest absolute Gasteiger partial charge is 0.230 e. The van der Waals surface area contributed by atoms with Gasteiger partial charge >= 0.3 is 0 Å². The lowest BCUT2D eigenvalue weighted by Crippen LogP contribution is -2.50. The van der Waals surface area contributed by atoms with Crippen molar-refractivity contribution in [2.24, 2.45) is 5.41 Å². The number of rotatable bonds is 2. The number of halogens is 2. The molecule has 142 valence electrons. The number of carbonyl (C=O) groups excluding carboxylic acids is 1. The minimum absolute atomic E-state index is 0.186. The van der Waals surface area contributed by atoms with Crippen molar-refractivity contribution in [2.75, 3.05) is 24.5 Å². The summed E-state index contributed by atoms with van der Waals surface area (Å²) < 4.78 is 27.4. The van der Waals surface area contributed by atoms with E-state index in [1.165, 1.54) is 12.1 Å². The first kappa shape index (κ1) is 17.7. The number of piperidine rings is 1. The highest BCUT2D eigenvalue weighted by atomic mass is 19.1. The number of aliphatic hydroxyl groups is 1. The average molecular weight is 364 g/mol. The quantitative estimate of drug-likeness (QED) is 0.877. The first-order valence-corrected chi connectivity index (χ1v) is 9.68. The molecule has 6 heteroatoms. The fraction of sp³-hybridized carbons (Fsp3) is 0.650. The van der Waals surface area contributed by atoms with Crippen molar-refractivity contribution in [2.45, 2.75) is 57.1 Å². The first-order valence-electron chi connectivity index (χ1n) is 9.68. The van der Waals surface area contributed by atoms with Crippen LogP contribution in [0, 0.1) is 17.0 Å². The zero-order chi connectivity index (χ0) is 18.3. The van der Waals surface area contributed by atoms with Crippen molar-refractivity contribution in [3.8, 4) is 0 Å². The van der Waals surface area contributed by atoms with E-state index in [0.717, 1.165) is 57.6 Å². The number of hydrogen-bond donors (Lipinski definition) is 1. The van der Waals surface area contributed by atoms with Gasteiger partial charge in [-0.05, 0) is 57.1 Å². The molecule has 1 amide bonds. The fourth-order valence-corrected chi connectivity index (χ4v) is 5.02. The average Bonchev–Trinajstić information content (AvgIpc) is 2.92. The zero-order valence-electron chi connectivity index (χ0n) is 15.0. The molecule has 0 bridgehead atoms. The second kappa shape index (κ2) is 6.80. The van der Waals surface area contributed by atoms with Crippen LogP contribution in [0.1, 0.15) is 44.9 Å². The Morgan fingerprint density at radius 2 is 1.85 bits per heavy atom. The van der Waals surface area contributed by atoms with Crippen LogP contribution in [0.4, 0.5) is 14.5 Å². The van der Waals surface area contributed by atoms with E-state index in [0.29, 0.717) is 18.8 Å². The van der Waals surface area contributed by atoms with Crippen LogP contribution < -0.4 is 4.90 Å². The monoisotopic (exact) mass is 364 g/mol. The molecule has 1 N–H and O–H groups in total. The van der Waals surface area contributed by atoms with Crippen molar-refractivity contribution >= 4 is 11.6 Å². The molecule has 0 radical (unpaired) electrons. The lowest BCUT2D eigenvalue weighted by molar-refractivity contribution is -0.139. The summed E-state index contributed by atoms with van der Waals surface area (Å²) in [5.74, 6) is -0.961. The van der Waals surface area contributed by atoms with E-state index in [9.17, 15) is 18.7 Å². The van der Waals surface area contributed by atoms with Gasteiger partial charge in [-0.15, -0.1) is 0 Å². The summed E-state index contributed by atoms with van der Waals surface area (Å²) in [6.07, 6.45) is 5.46. The van der Waals surface area contributed by atoms with Crippen molar-refractivity contribution in [3.05, 3.63) is 29.8 Å². The highest BCUT2D eigenvalue weighted by Gasteiger charge is 2.50. The Morgan fingerprint density at radius 1 is 1.08 bits per heavy atom. The number of carbonyl (C=O) groups is 1. The number of likely N-dealkylation sites (tertiary alicyclic amines) is 1.